The van der Waals surface area contributed by atoms with Gasteiger partial charge in [0.25, 0.3) is 5.19 Å². The maximum atomic E-state index is 12.6. The molecule has 4 fully saturated rings. The fraction of sp³-hybridized carbons (Fsp3) is 0.529. The van der Waals surface area contributed by atoms with E-state index < -0.39 is 0 Å². The minimum Gasteiger partial charge on any atom is -0.633 e. The Labute approximate surface area is 139 Å². The largest absolute Gasteiger partial charge is 0.633 e. The molecule has 4 bridgehead atoms. The highest BCUT2D eigenvalue weighted by atomic mass is 32.1. The van der Waals surface area contributed by atoms with Crippen molar-refractivity contribution in [2.75, 3.05) is 19.6 Å². The molecule has 6 rings (SSSR count). The molecular weight excluding hydrogens is 310 g/mol. The molecule has 2 aromatic rings. The summed E-state index contributed by atoms with van der Waals surface area (Å²) in [6.07, 6.45) is 2.45. The second kappa shape index (κ2) is 5.00. The van der Waals surface area contributed by atoms with Crippen LogP contribution < -0.4 is 4.74 Å². The summed E-state index contributed by atoms with van der Waals surface area (Å²) in [7, 11) is 0. The number of piperidine rings is 3. The highest BCUT2D eigenvalue weighted by Gasteiger charge is 2.54. The fourth-order valence-electron chi connectivity index (χ4n) is 4.92. The number of hydrogen-bond donors (Lipinski definition) is 0. The standard InChI is InChI=1S/C17H19N3O2S/c21-20-8-11-6-13(9-20)15(14(7-11)10-20)22-17-19-18-16(23-17)12-4-2-1-3-5-12/h1-5,11,13-15H,6-10H2/t11?,13-,14+,15?,20?. The van der Waals surface area contributed by atoms with E-state index in [1.165, 1.54) is 11.3 Å². The molecule has 3 saturated heterocycles. The minimum absolute atomic E-state index is 0.0191. The van der Waals surface area contributed by atoms with Crippen molar-refractivity contribution in [3.8, 4) is 15.8 Å². The van der Waals surface area contributed by atoms with E-state index in [0.717, 1.165) is 43.0 Å². The number of nitrogens with zero attached hydrogens (tertiary/aromatic N) is 3. The average Bonchev–Trinajstić information content (AvgIpc) is 2.99. The summed E-state index contributed by atoms with van der Waals surface area (Å²) in [5, 5.41) is 22.7. The third-order valence-corrected chi connectivity index (χ3v) is 6.45. The predicted molar refractivity (Wildman–Crippen MR) is 87.7 cm³/mol. The van der Waals surface area contributed by atoms with Gasteiger partial charge in [-0.2, -0.15) is 0 Å². The van der Waals surface area contributed by atoms with Gasteiger partial charge in [0.15, 0.2) is 5.01 Å². The van der Waals surface area contributed by atoms with Gasteiger partial charge in [0.1, 0.15) is 6.10 Å². The van der Waals surface area contributed by atoms with Crippen molar-refractivity contribution in [2.45, 2.75) is 18.9 Å². The quantitative estimate of drug-likeness (QED) is 0.642. The first-order valence-electron chi connectivity index (χ1n) is 8.31. The summed E-state index contributed by atoms with van der Waals surface area (Å²) in [6, 6.07) is 10.1. The van der Waals surface area contributed by atoms with Crippen molar-refractivity contribution in [1.29, 1.82) is 0 Å². The smallest absolute Gasteiger partial charge is 0.294 e. The predicted octanol–water partition coefficient (Wildman–Crippen LogP) is 2.94. The summed E-state index contributed by atoms with van der Waals surface area (Å²) in [5.74, 6) is 1.39. The van der Waals surface area contributed by atoms with Crippen LogP contribution in [0, 0.1) is 23.0 Å². The van der Waals surface area contributed by atoms with Gasteiger partial charge in [-0.05, 0) is 12.8 Å². The van der Waals surface area contributed by atoms with Crippen LogP contribution in [0.15, 0.2) is 30.3 Å². The first-order valence-corrected chi connectivity index (χ1v) is 9.13. The zero-order valence-corrected chi connectivity index (χ0v) is 13.6. The number of ether oxygens (including phenoxy) is 1. The van der Waals surface area contributed by atoms with Crippen LogP contribution in [-0.4, -0.2) is 40.6 Å². The highest BCUT2D eigenvalue weighted by molar-refractivity contribution is 7.16. The van der Waals surface area contributed by atoms with Crippen LogP contribution in [0.4, 0.5) is 0 Å². The molecule has 0 N–H and O–H groups in total. The second-order valence-electron chi connectivity index (χ2n) is 7.29. The molecule has 5 nitrogen and oxygen atoms in total. The molecule has 0 spiro atoms. The average molecular weight is 329 g/mol. The number of aromatic nitrogens is 2. The van der Waals surface area contributed by atoms with E-state index in [4.69, 9.17) is 4.74 Å². The van der Waals surface area contributed by atoms with E-state index in [0.29, 0.717) is 22.9 Å². The van der Waals surface area contributed by atoms with Crippen LogP contribution >= 0.6 is 11.3 Å². The molecular formula is C17H19N3O2S. The number of benzene rings is 1. The molecule has 4 heterocycles. The molecule has 5 atom stereocenters. The van der Waals surface area contributed by atoms with E-state index >= 15 is 0 Å². The normalized spacial score (nSPS) is 38.0. The van der Waals surface area contributed by atoms with Crippen LogP contribution in [-0.2, 0) is 0 Å². The van der Waals surface area contributed by atoms with Crippen LogP contribution in [0.2, 0.25) is 0 Å². The monoisotopic (exact) mass is 329 g/mol. The van der Waals surface area contributed by atoms with E-state index in [9.17, 15) is 5.21 Å². The number of hydrogen-bond acceptors (Lipinski definition) is 5. The van der Waals surface area contributed by atoms with Gasteiger partial charge in [-0.25, -0.2) is 0 Å². The molecule has 120 valence electrons. The van der Waals surface area contributed by atoms with Crippen LogP contribution in [0.1, 0.15) is 12.8 Å². The Hall–Kier alpha value is -1.50. The van der Waals surface area contributed by atoms with E-state index in [-0.39, 0.29) is 10.8 Å². The number of rotatable bonds is 3. The summed E-state index contributed by atoms with van der Waals surface area (Å²) in [6.45, 7) is 2.28. The Morgan fingerprint density at radius 1 is 1.04 bits per heavy atom. The first-order chi connectivity index (χ1) is 11.2. The van der Waals surface area contributed by atoms with Gasteiger partial charge in [-0.15, -0.1) is 5.10 Å². The second-order valence-corrected chi connectivity index (χ2v) is 8.23. The van der Waals surface area contributed by atoms with Crippen LogP contribution in [0.3, 0.4) is 0 Å². The van der Waals surface area contributed by atoms with Gasteiger partial charge >= 0.3 is 0 Å². The number of hydroxylamine groups is 3. The van der Waals surface area contributed by atoms with Crippen molar-refractivity contribution in [3.05, 3.63) is 35.5 Å². The third kappa shape index (κ3) is 2.36. The lowest BCUT2D eigenvalue weighted by Crippen LogP contribution is -2.68. The lowest BCUT2D eigenvalue weighted by Gasteiger charge is -2.62. The lowest BCUT2D eigenvalue weighted by molar-refractivity contribution is -0.911. The molecule has 1 aromatic carbocycles. The molecule has 3 unspecified atom stereocenters. The summed E-state index contributed by atoms with van der Waals surface area (Å²) in [4.78, 5) is 0. The van der Waals surface area contributed by atoms with Crippen molar-refractivity contribution in [3.63, 3.8) is 0 Å². The summed E-state index contributed by atoms with van der Waals surface area (Å²) < 4.78 is 6.25. The topological polar surface area (TPSA) is 58.1 Å². The minimum atomic E-state index is 0.0191. The van der Waals surface area contributed by atoms with E-state index in [1.807, 2.05) is 30.3 Å². The molecule has 6 heteroatoms. The zero-order chi connectivity index (χ0) is 15.4. The Morgan fingerprint density at radius 3 is 2.48 bits per heavy atom. The maximum Gasteiger partial charge on any atom is 0.294 e. The maximum absolute atomic E-state index is 12.6. The van der Waals surface area contributed by atoms with Gasteiger partial charge < -0.3 is 14.6 Å². The molecule has 23 heavy (non-hydrogen) atoms. The molecule has 4 aliphatic rings. The van der Waals surface area contributed by atoms with E-state index in [2.05, 4.69) is 10.2 Å². The van der Waals surface area contributed by atoms with Gasteiger partial charge in [-0.1, -0.05) is 46.8 Å². The number of quaternary nitrogens is 1. The van der Waals surface area contributed by atoms with Gasteiger partial charge in [0.2, 0.25) is 0 Å². The first kappa shape index (κ1) is 13.9. The molecule has 0 radical (unpaired) electrons. The van der Waals surface area contributed by atoms with E-state index in [1.54, 1.807) is 0 Å². The molecule has 1 saturated carbocycles. The fourth-order valence-corrected chi connectivity index (χ4v) is 5.67. The highest BCUT2D eigenvalue weighted by Crippen LogP contribution is 2.48. The third-order valence-electron chi connectivity index (χ3n) is 5.59. The van der Waals surface area contributed by atoms with Crippen LogP contribution in [0.25, 0.3) is 10.6 Å². The Morgan fingerprint density at radius 2 is 1.78 bits per heavy atom. The molecule has 0 amide bonds. The Balaban J connectivity index is 1.36. The summed E-state index contributed by atoms with van der Waals surface area (Å²) >= 11 is 1.50. The SMILES string of the molecule is [O-][N+]12CC3C[C@H](C1)C(Oc1nnc(-c4ccccc4)s1)[C@@H](C3)C2. The van der Waals surface area contributed by atoms with Crippen molar-refractivity contribution in [1.82, 2.24) is 10.2 Å². The van der Waals surface area contributed by atoms with Crippen molar-refractivity contribution in [2.24, 2.45) is 17.8 Å². The van der Waals surface area contributed by atoms with Gasteiger partial charge in [0, 0.05) is 23.3 Å². The van der Waals surface area contributed by atoms with Gasteiger partial charge in [0.05, 0.1) is 19.6 Å². The Bertz CT molecular complexity index is 704. The zero-order valence-electron chi connectivity index (χ0n) is 12.8. The molecule has 1 aliphatic carbocycles. The summed E-state index contributed by atoms with van der Waals surface area (Å²) in [5.41, 5.74) is 1.07. The lowest BCUT2D eigenvalue weighted by atomic mass is 9.66. The van der Waals surface area contributed by atoms with Crippen molar-refractivity contribution < 1.29 is 9.38 Å². The van der Waals surface area contributed by atoms with Crippen molar-refractivity contribution >= 4 is 11.3 Å². The van der Waals surface area contributed by atoms with Gasteiger partial charge in [-0.3, -0.25) is 0 Å². The van der Waals surface area contributed by atoms with Crippen LogP contribution in [0.5, 0.6) is 5.19 Å². The Kier molecular flexibility index (Phi) is 3.02. The molecule has 1 aromatic heterocycles. The molecule has 3 aliphatic heterocycles.